The Kier molecular flexibility index (Phi) is 5.83. The van der Waals surface area contributed by atoms with Crippen LogP contribution >= 0.6 is 23.2 Å². The van der Waals surface area contributed by atoms with Crippen LogP contribution in [0.2, 0.25) is 10.0 Å². The van der Waals surface area contributed by atoms with Gasteiger partial charge in [-0.2, -0.15) is 0 Å². The predicted molar refractivity (Wildman–Crippen MR) is 90.8 cm³/mol. The lowest BCUT2D eigenvalue weighted by molar-refractivity contribution is 0.0657. The summed E-state index contributed by atoms with van der Waals surface area (Å²) in [4.78, 5) is 12.2. The van der Waals surface area contributed by atoms with Gasteiger partial charge < -0.3 is 10.1 Å². The zero-order valence-electron chi connectivity index (χ0n) is 12.4. The number of benzene rings is 2. The van der Waals surface area contributed by atoms with E-state index in [0.29, 0.717) is 27.9 Å². The molecule has 0 heterocycles. The summed E-state index contributed by atoms with van der Waals surface area (Å²) in [6.45, 7) is 4.50. The van der Waals surface area contributed by atoms with Crippen LogP contribution in [0.5, 0.6) is 0 Å². The fourth-order valence-electron chi connectivity index (χ4n) is 1.80. The average Bonchev–Trinajstić information content (AvgIpc) is 2.48. The Balaban J connectivity index is 2.03. The fraction of sp³-hybridized carbons (Fsp3) is 0.235. The Morgan fingerprint density at radius 1 is 1.14 bits per heavy atom. The van der Waals surface area contributed by atoms with Crippen molar-refractivity contribution in [1.29, 1.82) is 0 Å². The van der Waals surface area contributed by atoms with Gasteiger partial charge in [0.25, 0.3) is 5.91 Å². The van der Waals surface area contributed by atoms with Gasteiger partial charge in [0.15, 0.2) is 0 Å². The van der Waals surface area contributed by atoms with Crippen molar-refractivity contribution in [2.45, 2.75) is 26.6 Å². The van der Waals surface area contributed by atoms with Crippen LogP contribution in [0.3, 0.4) is 0 Å². The highest BCUT2D eigenvalue weighted by Gasteiger charge is 2.09. The summed E-state index contributed by atoms with van der Waals surface area (Å²) >= 11 is 11.9. The molecule has 3 nitrogen and oxygen atoms in total. The van der Waals surface area contributed by atoms with Gasteiger partial charge in [-0.05, 0) is 49.7 Å². The highest BCUT2D eigenvalue weighted by Crippen LogP contribution is 2.25. The number of hydrogen-bond acceptors (Lipinski definition) is 2. The second-order valence-corrected chi connectivity index (χ2v) is 5.98. The minimum Gasteiger partial charge on any atom is -0.374 e. The van der Waals surface area contributed by atoms with Crippen molar-refractivity contribution in [3.63, 3.8) is 0 Å². The number of anilines is 1. The maximum atomic E-state index is 12.2. The molecule has 0 aliphatic rings. The normalized spacial score (nSPS) is 10.8. The molecule has 1 N–H and O–H groups in total. The highest BCUT2D eigenvalue weighted by molar-refractivity contribution is 6.36. The summed E-state index contributed by atoms with van der Waals surface area (Å²) in [7, 11) is 0. The Morgan fingerprint density at radius 3 is 2.41 bits per heavy atom. The minimum absolute atomic E-state index is 0.176. The van der Waals surface area contributed by atoms with E-state index < -0.39 is 0 Å². The number of rotatable bonds is 5. The Labute approximate surface area is 140 Å². The van der Waals surface area contributed by atoms with Crippen LogP contribution < -0.4 is 5.32 Å². The van der Waals surface area contributed by atoms with Gasteiger partial charge in [-0.15, -0.1) is 0 Å². The van der Waals surface area contributed by atoms with E-state index in [9.17, 15) is 4.79 Å². The predicted octanol–water partition coefficient (Wildman–Crippen LogP) is 5.17. The van der Waals surface area contributed by atoms with Crippen LogP contribution in [0.15, 0.2) is 42.5 Å². The van der Waals surface area contributed by atoms with Gasteiger partial charge in [0.05, 0.1) is 23.4 Å². The zero-order valence-corrected chi connectivity index (χ0v) is 13.9. The summed E-state index contributed by atoms with van der Waals surface area (Å²) in [5.41, 5.74) is 2.11. The number of hydrogen-bond donors (Lipinski definition) is 1. The van der Waals surface area contributed by atoms with Crippen LogP contribution in [-0.4, -0.2) is 12.0 Å². The molecule has 0 saturated carbocycles. The molecule has 0 aromatic heterocycles. The van der Waals surface area contributed by atoms with Crippen molar-refractivity contribution < 1.29 is 9.53 Å². The number of carbonyl (C=O) groups is 1. The standard InChI is InChI=1S/C17H17Cl2NO2/c1-11(2)22-10-12-3-5-13(6-4-12)17(21)20-16-8-7-14(18)9-15(16)19/h3-9,11H,10H2,1-2H3,(H,20,21). The quantitative estimate of drug-likeness (QED) is 0.817. The maximum Gasteiger partial charge on any atom is 0.255 e. The third kappa shape index (κ3) is 4.73. The molecule has 116 valence electrons. The smallest absolute Gasteiger partial charge is 0.255 e. The van der Waals surface area contributed by atoms with Gasteiger partial charge in [-0.1, -0.05) is 35.3 Å². The van der Waals surface area contributed by atoms with Crippen molar-refractivity contribution in [1.82, 2.24) is 0 Å². The van der Waals surface area contributed by atoms with Crippen molar-refractivity contribution in [3.05, 3.63) is 63.6 Å². The molecule has 0 fully saturated rings. The third-order valence-electron chi connectivity index (χ3n) is 2.98. The number of nitrogens with one attached hydrogen (secondary N) is 1. The Morgan fingerprint density at radius 2 is 1.82 bits per heavy atom. The van der Waals surface area contributed by atoms with Crippen molar-refractivity contribution in [2.24, 2.45) is 0 Å². The van der Waals surface area contributed by atoms with Gasteiger partial charge in [-0.25, -0.2) is 0 Å². The number of amides is 1. The van der Waals surface area contributed by atoms with E-state index in [1.807, 2.05) is 26.0 Å². The molecule has 2 aromatic carbocycles. The van der Waals surface area contributed by atoms with E-state index in [-0.39, 0.29) is 12.0 Å². The second-order valence-electron chi connectivity index (χ2n) is 5.13. The highest BCUT2D eigenvalue weighted by atomic mass is 35.5. The summed E-state index contributed by atoms with van der Waals surface area (Å²) < 4.78 is 5.52. The first-order valence-corrected chi connectivity index (χ1v) is 7.68. The minimum atomic E-state index is -0.222. The molecule has 2 rings (SSSR count). The average molecular weight is 338 g/mol. The van der Waals surface area contributed by atoms with Gasteiger partial charge in [0.1, 0.15) is 0 Å². The Bertz CT molecular complexity index is 654. The van der Waals surface area contributed by atoms with E-state index in [2.05, 4.69) is 5.32 Å². The lowest BCUT2D eigenvalue weighted by Crippen LogP contribution is -2.12. The van der Waals surface area contributed by atoms with E-state index in [4.69, 9.17) is 27.9 Å². The Hall–Kier alpha value is -1.55. The maximum absolute atomic E-state index is 12.2. The first-order valence-electron chi connectivity index (χ1n) is 6.92. The van der Waals surface area contributed by atoms with E-state index >= 15 is 0 Å². The van der Waals surface area contributed by atoms with Crippen molar-refractivity contribution in [3.8, 4) is 0 Å². The second kappa shape index (κ2) is 7.63. The van der Waals surface area contributed by atoms with Crippen LogP contribution in [0.4, 0.5) is 5.69 Å². The van der Waals surface area contributed by atoms with Crippen LogP contribution in [-0.2, 0) is 11.3 Å². The largest absolute Gasteiger partial charge is 0.374 e. The number of carbonyl (C=O) groups excluding carboxylic acids is 1. The molecule has 5 heteroatoms. The molecule has 0 bridgehead atoms. The van der Waals surface area contributed by atoms with Crippen LogP contribution in [0, 0.1) is 0 Å². The number of ether oxygens (including phenoxy) is 1. The SMILES string of the molecule is CC(C)OCc1ccc(C(=O)Nc2ccc(Cl)cc2Cl)cc1. The molecule has 0 radical (unpaired) electrons. The molecule has 1 amide bonds. The molecule has 0 aliphatic heterocycles. The van der Waals surface area contributed by atoms with Gasteiger partial charge in [0.2, 0.25) is 0 Å². The lowest BCUT2D eigenvalue weighted by Gasteiger charge is -2.09. The summed E-state index contributed by atoms with van der Waals surface area (Å²) in [5, 5.41) is 3.69. The number of halogens is 2. The molecular formula is C17H17Cl2NO2. The van der Waals surface area contributed by atoms with Crippen molar-refractivity contribution >= 4 is 34.8 Å². The van der Waals surface area contributed by atoms with E-state index in [0.717, 1.165) is 5.56 Å². The van der Waals surface area contributed by atoms with Crippen molar-refractivity contribution in [2.75, 3.05) is 5.32 Å². The molecule has 0 atom stereocenters. The van der Waals surface area contributed by atoms with E-state index in [1.165, 1.54) is 0 Å². The van der Waals surface area contributed by atoms with Crippen LogP contribution in [0.1, 0.15) is 29.8 Å². The molecule has 22 heavy (non-hydrogen) atoms. The third-order valence-corrected chi connectivity index (χ3v) is 3.53. The molecule has 0 spiro atoms. The summed E-state index contributed by atoms with van der Waals surface area (Å²) in [6.07, 6.45) is 0.176. The first-order chi connectivity index (χ1) is 10.5. The summed E-state index contributed by atoms with van der Waals surface area (Å²) in [6, 6.07) is 12.2. The molecule has 0 aliphatic carbocycles. The first kappa shape index (κ1) is 16.8. The summed E-state index contributed by atoms with van der Waals surface area (Å²) in [5.74, 6) is -0.222. The molecule has 2 aromatic rings. The molecule has 0 unspecified atom stereocenters. The van der Waals surface area contributed by atoms with Gasteiger partial charge in [0, 0.05) is 10.6 Å². The van der Waals surface area contributed by atoms with Gasteiger partial charge >= 0.3 is 0 Å². The zero-order chi connectivity index (χ0) is 16.1. The fourth-order valence-corrected chi connectivity index (χ4v) is 2.26. The van der Waals surface area contributed by atoms with Gasteiger partial charge in [-0.3, -0.25) is 4.79 Å². The lowest BCUT2D eigenvalue weighted by atomic mass is 10.1. The monoisotopic (exact) mass is 337 g/mol. The topological polar surface area (TPSA) is 38.3 Å². The van der Waals surface area contributed by atoms with Crippen LogP contribution in [0.25, 0.3) is 0 Å². The van der Waals surface area contributed by atoms with E-state index in [1.54, 1.807) is 30.3 Å². The molecular weight excluding hydrogens is 321 g/mol. The molecule has 0 saturated heterocycles.